The Morgan fingerprint density at radius 1 is 1.33 bits per heavy atom. The van der Waals surface area contributed by atoms with Crippen molar-refractivity contribution < 1.29 is 18.7 Å². The molecular formula is C20H28ClFN2O3. The van der Waals surface area contributed by atoms with Gasteiger partial charge in [-0.1, -0.05) is 18.5 Å². The van der Waals surface area contributed by atoms with Crippen molar-refractivity contribution in [2.45, 2.75) is 44.8 Å². The summed E-state index contributed by atoms with van der Waals surface area (Å²) < 4.78 is 24.6. The molecule has 1 saturated heterocycles. The summed E-state index contributed by atoms with van der Waals surface area (Å²) in [5.41, 5.74) is 0. The van der Waals surface area contributed by atoms with Gasteiger partial charge < -0.3 is 19.7 Å². The van der Waals surface area contributed by atoms with E-state index >= 15 is 0 Å². The first-order valence-electron chi connectivity index (χ1n) is 9.71. The lowest BCUT2D eigenvalue weighted by molar-refractivity contribution is -0.124. The van der Waals surface area contributed by atoms with Crippen molar-refractivity contribution >= 4 is 17.5 Å². The monoisotopic (exact) mass is 398 g/mol. The molecule has 1 amide bonds. The van der Waals surface area contributed by atoms with Crippen LogP contribution in [0.3, 0.4) is 0 Å². The molecule has 3 rings (SSSR count). The maximum Gasteiger partial charge on any atom is 0.258 e. The number of piperidine rings is 1. The number of amides is 1. The molecule has 0 atom stereocenters. The van der Waals surface area contributed by atoms with Crippen LogP contribution in [0.2, 0.25) is 5.02 Å². The van der Waals surface area contributed by atoms with E-state index in [2.05, 4.69) is 17.1 Å². The number of carbonyl (C=O) groups excluding carboxylic acids is 1. The second-order valence-electron chi connectivity index (χ2n) is 7.62. The molecule has 0 aromatic heterocycles. The number of likely N-dealkylation sites (tertiary alicyclic amines) is 1. The Morgan fingerprint density at radius 3 is 2.74 bits per heavy atom. The van der Waals surface area contributed by atoms with E-state index in [9.17, 15) is 9.18 Å². The van der Waals surface area contributed by atoms with E-state index in [0.717, 1.165) is 45.0 Å². The molecule has 5 nitrogen and oxygen atoms in total. The highest BCUT2D eigenvalue weighted by Gasteiger charge is 2.26. The van der Waals surface area contributed by atoms with E-state index < -0.39 is 5.82 Å². The van der Waals surface area contributed by atoms with Crippen molar-refractivity contribution in [2.75, 3.05) is 32.8 Å². The number of benzene rings is 1. The Hall–Kier alpha value is -1.37. The molecule has 0 unspecified atom stereocenters. The van der Waals surface area contributed by atoms with Crippen molar-refractivity contribution in [3.8, 4) is 5.75 Å². The molecular weight excluding hydrogens is 371 g/mol. The average molecular weight is 399 g/mol. The molecule has 1 N–H and O–H groups in total. The van der Waals surface area contributed by atoms with Crippen LogP contribution in [-0.2, 0) is 9.53 Å². The van der Waals surface area contributed by atoms with Gasteiger partial charge in [0.15, 0.2) is 6.61 Å². The molecule has 2 aliphatic rings. The molecule has 1 aliphatic carbocycles. The normalized spacial score (nSPS) is 23.7. The molecule has 1 aliphatic heterocycles. The summed E-state index contributed by atoms with van der Waals surface area (Å²) in [6, 6.07) is 4.30. The molecule has 7 heteroatoms. The van der Waals surface area contributed by atoms with Crippen molar-refractivity contribution in [2.24, 2.45) is 5.92 Å². The van der Waals surface area contributed by atoms with Crippen molar-refractivity contribution in [1.82, 2.24) is 10.2 Å². The molecule has 27 heavy (non-hydrogen) atoms. The smallest absolute Gasteiger partial charge is 0.258 e. The summed E-state index contributed by atoms with van der Waals surface area (Å²) in [5, 5.41) is 3.02. The number of nitrogens with zero attached hydrogens (tertiary/aromatic N) is 1. The van der Waals surface area contributed by atoms with E-state index in [4.69, 9.17) is 21.1 Å². The summed E-state index contributed by atoms with van der Waals surface area (Å²) >= 11 is 5.63. The lowest BCUT2D eigenvalue weighted by Gasteiger charge is -2.35. The van der Waals surface area contributed by atoms with Crippen LogP contribution >= 0.6 is 11.6 Å². The Kier molecular flexibility index (Phi) is 7.33. The SMILES string of the molecule is CC1CC(OCCN2CCC(NC(=O)COc3ccc(Cl)c(F)c3)CC2)C1. The standard InChI is InChI=1S/C20H28ClFN2O3/c1-14-10-17(11-14)26-9-8-24-6-4-15(5-7-24)23-20(25)13-27-16-2-3-18(21)19(22)12-16/h2-3,12,14-15,17H,4-11,13H2,1H3,(H,23,25). The Bertz CT molecular complexity index is 632. The number of rotatable bonds is 8. The molecule has 1 saturated carbocycles. The summed E-state index contributed by atoms with van der Waals surface area (Å²) in [6.07, 6.45) is 4.69. The fraction of sp³-hybridized carbons (Fsp3) is 0.650. The van der Waals surface area contributed by atoms with Crippen LogP contribution in [0, 0.1) is 11.7 Å². The molecule has 0 bridgehead atoms. The van der Waals surface area contributed by atoms with Crippen LogP contribution in [0.15, 0.2) is 18.2 Å². The van der Waals surface area contributed by atoms with Crippen LogP contribution in [0.4, 0.5) is 4.39 Å². The molecule has 1 aromatic carbocycles. The van der Waals surface area contributed by atoms with Gasteiger partial charge in [0, 0.05) is 31.7 Å². The number of ether oxygens (including phenoxy) is 2. The predicted octanol–water partition coefficient (Wildman–Crippen LogP) is 3.25. The van der Waals surface area contributed by atoms with Crippen molar-refractivity contribution in [3.63, 3.8) is 0 Å². The summed E-state index contributed by atoms with van der Waals surface area (Å²) in [4.78, 5) is 14.4. The fourth-order valence-electron chi connectivity index (χ4n) is 3.60. The quantitative estimate of drug-likeness (QED) is 0.730. The molecule has 0 spiro atoms. The van der Waals surface area contributed by atoms with Gasteiger partial charge in [-0.05, 0) is 43.7 Å². The highest BCUT2D eigenvalue weighted by atomic mass is 35.5. The molecule has 0 radical (unpaired) electrons. The van der Waals surface area contributed by atoms with Crippen LogP contribution in [0.1, 0.15) is 32.6 Å². The van der Waals surface area contributed by atoms with Gasteiger partial charge in [0.2, 0.25) is 0 Å². The molecule has 150 valence electrons. The first-order chi connectivity index (χ1) is 13.0. The second kappa shape index (κ2) is 9.71. The van der Waals surface area contributed by atoms with Gasteiger partial charge in [-0.25, -0.2) is 4.39 Å². The fourth-order valence-corrected chi connectivity index (χ4v) is 3.72. The first-order valence-corrected chi connectivity index (χ1v) is 10.1. The first kappa shape index (κ1) is 20.4. The largest absolute Gasteiger partial charge is 0.484 e. The lowest BCUT2D eigenvalue weighted by Crippen LogP contribution is -2.46. The maximum absolute atomic E-state index is 13.4. The van der Waals surface area contributed by atoms with Gasteiger partial charge in [-0.15, -0.1) is 0 Å². The van der Waals surface area contributed by atoms with E-state index in [-0.39, 0.29) is 23.6 Å². The zero-order valence-electron chi connectivity index (χ0n) is 15.8. The number of nitrogens with one attached hydrogen (secondary N) is 1. The third kappa shape index (κ3) is 6.33. The van der Waals surface area contributed by atoms with Gasteiger partial charge in [0.1, 0.15) is 11.6 Å². The summed E-state index contributed by atoms with van der Waals surface area (Å²) in [6.45, 7) is 5.79. The average Bonchev–Trinajstić information content (AvgIpc) is 2.62. The summed E-state index contributed by atoms with van der Waals surface area (Å²) in [7, 11) is 0. The lowest BCUT2D eigenvalue weighted by atomic mass is 9.84. The molecule has 1 heterocycles. The van der Waals surface area contributed by atoms with Gasteiger partial charge in [-0.3, -0.25) is 4.79 Å². The highest BCUT2D eigenvalue weighted by Crippen LogP contribution is 2.29. The molecule has 2 fully saturated rings. The van der Waals surface area contributed by atoms with Crippen molar-refractivity contribution in [1.29, 1.82) is 0 Å². The van der Waals surface area contributed by atoms with Gasteiger partial charge >= 0.3 is 0 Å². The third-order valence-electron chi connectivity index (χ3n) is 5.31. The van der Waals surface area contributed by atoms with Gasteiger partial charge in [-0.2, -0.15) is 0 Å². The highest BCUT2D eigenvalue weighted by molar-refractivity contribution is 6.30. The number of hydrogen-bond donors (Lipinski definition) is 1. The van der Waals surface area contributed by atoms with Crippen LogP contribution in [0.5, 0.6) is 5.75 Å². The predicted molar refractivity (Wildman–Crippen MR) is 103 cm³/mol. The van der Waals surface area contributed by atoms with Gasteiger partial charge in [0.05, 0.1) is 17.7 Å². The minimum absolute atomic E-state index is 0.0335. The zero-order valence-corrected chi connectivity index (χ0v) is 16.5. The van der Waals surface area contributed by atoms with Crippen LogP contribution in [0.25, 0.3) is 0 Å². The summed E-state index contributed by atoms with van der Waals surface area (Å²) in [5.74, 6) is 0.365. The van der Waals surface area contributed by atoms with E-state index in [1.54, 1.807) is 6.07 Å². The minimum Gasteiger partial charge on any atom is -0.484 e. The number of carbonyl (C=O) groups is 1. The van der Waals surface area contributed by atoms with E-state index in [0.29, 0.717) is 11.9 Å². The van der Waals surface area contributed by atoms with Crippen LogP contribution < -0.4 is 10.1 Å². The zero-order chi connectivity index (χ0) is 19.2. The Morgan fingerprint density at radius 2 is 2.07 bits per heavy atom. The topological polar surface area (TPSA) is 50.8 Å². The Labute approximate surface area is 165 Å². The second-order valence-corrected chi connectivity index (χ2v) is 8.02. The van der Waals surface area contributed by atoms with Gasteiger partial charge in [0.25, 0.3) is 5.91 Å². The number of halogens is 2. The maximum atomic E-state index is 13.4. The van der Waals surface area contributed by atoms with E-state index in [1.165, 1.54) is 25.0 Å². The van der Waals surface area contributed by atoms with Crippen molar-refractivity contribution in [3.05, 3.63) is 29.0 Å². The Balaban J connectivity index is 1.28. The van der Waals surface area contributed by atoms with E-state index in [1.807, 2.05) is 0 Å². The third-order valence-corrected chi connectivity index (χ3v) is 5.61. The van der Waals surface area contributed by atoms with Crippen LogP contribution in [-0.4, -0.2) is 55.8 Å². The minimum atomic E-state index is -0.558. The number of hydrogen-bond acceptors (Lipinski definition) is 4. The molecule has 1 aromatic rings.